The van der Waals surface area contributed by atoms with Crippen molar-refractivity contribution in [3.63, 3.8) is 0 Å². The highest BCUT2D eigenvalue weighted by atomic mass is 16.5. The summed E-state index contributed by atoms with van der Waals surface area (Å²) in [7, 11) is 0. The lowest BCUT2D eigenvalue weighted by molar-refractivity contribution is -0.151. The lowest BCUT2D eigenvalue weighted by atomic mass is 9.92. The fourth-order valence-electron chi connectivity index (χ4n) is 3.05. The predicted octanol–water partition coefficient (Wildman–Crippen LogP) is 2.98. The van der Waals surface area contributed by atoms with Crippen LogP contribution in [0, 0.1) is 5.92 Å². The number of esters is 1. The highest BCUT2D eigenvalue weighted by Gasteiger charge is 2.31. The van der Waals surface area contributed by atoms with Gasteiger partial charge in [-0.05, 0) is 31.7 Å². The van der Waals surface area contributed by atoms with Crippen LogP contribution in [0.4, 0.5) is 0 Å². The summed E-state index contributed by atoms with van der Waals surface area (Å²) < 4.78 is 5.07. The van der Waals surface area contributed by atoms with Gasteiger partial charge in [0.2, 0.25) is 5.91 Å². The number of hydrogen-bond donors (Lipinski definition) is 0. The van der Waals surface area contributed by atoms with Crippen molar-refractivity contribution in [1.29, 1.82) is 0 Å². The number of nitrogens with zero attached hydrogens (tertiary/aromatic N) is 1. The molecule has 22 heavy (non-hydrogen) atoms. The summed E-state index contributed by atoms with van der Waals surface area (Å²) in [6.45, 7) is 5.57. The second-order valence-corrected chi connectivity index (χ2v) is 5.72. The molecule has 1 amide bonds. The Morgan fingerprint density at radius 3 is 2.36 bits per heavy atom. The monoisotopic (exact) mass is 303 g/mol. The molecular weight excluding hydrogens is 278 g/mol. The molecular formula is C18H25NO3. The molecule has 0 aromatic heterocycles. The van der Waals surface area contributed by atoms with Gasteiger partial charge in [-0.25, -0.2) is 0 Å². The first-order valence-corrected chi connectivity index (χ1v) is 8.17. The largest absolute Gasteiger partial charge is 0.466 e. The lowest BCUT2D eigenvalue weighted by Gasteiger charge is -2.33. The Bertz CT molecular complexity index is 492. The summed E-state index contributed by atoms with van der Waals surface area (Å²) >= 11 is 0. The number of carbonyl (C=O) groups is 2. The Labute approximate surface area is 132 Å². The van der Waals surface area contributed by atoms with Crippen molar-refractivity contribution in [3.8, 4) is 0 Å². The molecule has 0 saturated carbocycles. The zero-order valence-corrected chi connectivity index (χ0v) is 13.5. The molecule has 120 valence electrons. The maximum Gasteiger partial charge on any atom is 0.309 e. The van der Waals surface area contributed by atoms with E-state index in [2.05, 4.69) is 0 Å². The summed E-state index contributed by atoms with van der Waals surface area (Å²) in [6, 6.07) is 9.93. The van der Waals surface area contributed by atoms with Gasteiger partial charge in [-0.15, -0.1) is 0 Å². The first kappa shape index (κ1) is 16.5. The van der Waals surface area contributed by atoms with Crippen LogP contribution < -0.4 is 0 Å². The van der Waals surface area contributed by atoms with E-state index in [0.717, 1.165) is 12.0 Å². The molecule has 4 nitrogen and oxygen atoms in total. The molecule has 1 aromatic rings. The van der Waals surface area contributed by atoms with Gasteiger partial charge in [0.15, 0.2) is 0 Å². The van der Waals surface area contributed by atoms with Crippen molar-refractivity contribution in [3.05, 3.63) is 35.9 Å². The average molecular weight is 303 g/mol. The topological polar surface area (TPSA) is 46.6 Å². The van der Waals surface area contributed by atoms with E-state index in [4.69, 9.17) is 4.74 Å². The molecule has 1 aromatic carbocycles. The van der Waals surface area contributed by atoms with E-state index in [0.29, 0.717) is 32.5 Å². The Morgan fingerprint density at radius 2 is 1.82 bits per heavy atom. The minimum Gasteiger partial charge on any atom is -0.466 e. The lowest BCUT2D eigenvalue weighted by Crippen LogP contribution is -2.42. The van der Waals surface area contributed by atoms with Gasteiger partial charge in [-0.3, -0.25) is 9.59 Å². The summed E-state index contributed by atoms with van der Waals surface area (Å²) in [6.07, 6.45) is 2.20. The van der Waals surface area contributed by atoms with Crippen molar-refractivity contribution in [2.45, 2.75) is 39.0 Å². The molecule has 0 radical (unpaired) electrons. The molecule has 1 atom stereocenters. The maximum atomic E-state index is 12.7. The smallest absolute Gasteiger partial charge is 0.309 e. The average Bonchev–Trinajstić information content (AvgIpc) is 2.57. The van der Waals surface area contributed by atoms with Gasteiger partial charge in [0.1, 0.15) is 0 Å². The van der Waals surface area contributed by atoms with E-state index in [1.54, 1.807) is 0 Å². The van der Waals surface area contributed by atoms with Crippen LogP contribution in [0.1, 0.15) is 44.6 Å². The Hall–Kier alpha value is -1.84. The molecule has 1 fully saturated rings. The third-order valence-corrected chi connectivity index (χ3v) is 4.33. The standard InChI is InChI=1S/C18H25NO3/c1-3-16(14-8-6-5-7-9-14)17(20)19-12-10-15(11-13-19)18(21)22-4-2/h5-9,15-16H,3-4,10-13H2,1-2H3/t16-/m0/s1. The number of benzene rings is 1. The van der Waals surface area contributed by atoms with E-state index >= 15 is 0 Å². The van der Waals surface area contributed by atoms with Crippen LogP contribution in [-0.4, -0.2) is 36.5 Å². The van der Waals surface area contributed by atoms with Crippen LogP contribution in [0.5, 0.6) is 0 Å². The highest BCUT2D eigenvalue weighted by molar-refractivity contribution is 5.84. The van der Waals surface area contributed by atoms with Crippen molar-refractivity contribution in [2.75, 3.05) is 19.7 Å². The number of amides is 1. The van der Waals surface area contributed by atoms with Crippen LogP contribution in [0.3, 0.4) is 0 Å². The fourth-order valence-corrected chi connectivity index (χ4v) is 3.05. The van der Waals surface area contributed by atoms with Gasteiger partial charge >= 0.3 is 5.97 Å². The summed E-state index contributed by atoms with van der Waals surface area (Å²) in [4.78, 5) is 26.4. The van der Waals surface area contributed by atoms with E-state index in [1.165, 1.54) is 0 Å². The molecule has 1 aliphatic rings. The summed E-state index contributed by atoms with van der Waals surface area (Å²) in [5.41, 5.74) is 1.07. The molecule has 0 bridgehead atoms. The third-order valence-electron chi connectivity index (χ3n) is 4.33. The van der Waals surface area contributed by atoms with Gasteiger partial charge in [0, 0.05) is 13.1 Å². The van der Waals surface area contributed by atoms with E-state index in [1.807, 2.05) is 49.1 Å². The van der Waals surface area contributed by atoms with Crippen LogP contribution in [0.15, 0.2) is 30.3 Å². The number of rotatable bonds is 5. The molecule has 1 heterocycles. The molecule has 0 spiro atoms. The fraction of sp³-hybridized carbons (Fsp3) is 0.556. The maximum absolute atomic E-state index is 12.7. The second kappa shape index (κ2) is 7.97. The summed E-state index contributed by atoms with van der Waals surface area (Å²) in [5.74, 6) is -0.0816. The number of likely N-dealkylation sites (tertiary alicyclic amines) is 1. The molecule has 0 unspecified atom stereocenters. The molecule has 1 saturated heterocycles. The molecule has 4 heteroatoms. The molecule has 1 aliphatic heterocycles. The SMILES string of the molecule is CCOC(=O)C1CCN(C(=O)[C@@H](CC)c2ccccc2)CC1. The quantitative estimate of drug-likeness (QED) is 0.786. The van der Waals surface area contributed by atoms with Crippen LogP contribution in [0.2, 0.25) is 0 Å². The number of piperidine rings is 1. The first-order chi connectivity index (χ1) is 10.7. The molecule has 2 rings (SSSR count). The van der Waals surface area contributed by atoms with Gasteiger partial charge in [-0.1, -0.05) is 37.3 Å². The van der Waals surface area contributed by atoms with Crippen LogP contribution in [-0.2, 0) is 14.3 Å². The Morgan fingerprint density at radius 1 is 1.18 bits per heavy atom. The van der Waals surface area contributed by atoms with Crippen LogP contribution >= 0.6 is 0 Å². The zero-order valence-electron chi connectivity index (χ0n) is 13.5. The van der Waals surface area contributed by atoms with Crippen LogP contribution in [0.25, 0.3) is 0 Å². The van der Waals surface area contributed by atoms with Gasteiger partial charge in [0.05, 0.1) is 18.4 Å². The van der Waals surface area contributed by atoms with Crippen molar-refractivity contribution >= 4 is 11.9 Å². The van der Waals surface area contributed by atoms with E-state index in [-0.39, 0.29) is 23.7 Å². The van der Waals surface area contributed by atoms with Crippen molar-refractivity contribution in [1.82, 2.24) is 4.90 Å². The number of hydrogen-bond acceptors (Lipinski definition) is 3. The van der Waals surface area contributed by atoms with Crippen molar-refractivity contribution < 1.29 is 14.3 Å². The summed E-state index contributed by atoms with van der Waals surface area (Å²) in [5, 5.41) is 0. The van der Waals surface area contributed by atoms with Gasteiger partial charge < -0.3 is 9.64 Å². The predicted molar refractivity (Wildman–Crippen MR) is 85.4 cm³/mol. The molecule has 0 aliphatic carbocycles. The van der Waals surface area contributed by atoms with Crippen molar-refractivity contribution in [2.24, 2.45) is 5.92 Å². The zero-order chi connectivity index (χ0) is 15.9. The third kappa shape index (κ3) is 3.87. The first-order valence-electron chi connectivity index (χ1n) is 8.17. The number of ether oxygens (including phenoxy) is 1. The minimum absolute atomic E-state index is 0.0548. The van der Waals surface area contributed by atoms with Gasteiger partial charge in [-0.2, -0.15) is 0 Å². The second-order valence-electron chi connectivity index (χ2n) is 5.72. The molecule has 0 N–H and O–H groups in total. The van der Waals surface area contributed by atoms with E-state index < -0.39 is 0 Å². The Balaban J connectivity index is 1.95. The minimum atomic E-state index is -0.121. The van der Waals surface area contributed by atoms with E-state index in [9.17, 15) is 9.59 Å². The van der Waals surface area contributed by atoms with Gasteiger partial charge in [0.25, 0.3) is 0 Å². The normalized spacial score (nSPS) is 17.1. The Kier molecular flexibility index (Phi) is 5.99. The number of carbonyl (C=O) groups excluding carboxylic acids is 2. The highest BCUT2D eigenvalue weighted by Crippen LogP contribution is 2.26.